The lowest BCUT2D eigenvalue weighted by Crippen LogP contribution is -2.54. The number of piperidine rings is 1. The van der Waals surface area contributed by atoms with Gasteiger partial charge in [-0.25, -0.2) is 0 Å². The minimum Gasteiger partial charge on any atom is -0.504 e. The van der Waals surface area contributed by atoms with Crippen LogP contribution in [0.2, 0.25) is 0 Å². The third-order valence-electron chi connectivity index (χ3n) is 6.64. The molecule has 2 aromatic rings. The first kappa shape index (κ1) is 26.6. The lowest BCUT2D eigenvalue weighted by Gasteiger charge is -2.27. The molecule has 1 unspecified atom stereocenters. The van der Waals surface area contributed by atoms with Crippen LogP contribution in [0, 0.1) is 0 Å². The van der Waals surface area contributed by atoms with E-state index in [4.69, 9.17) is 0 Å². The number of carbonyl (C=O) groups excluding carboxylic acids is 5. The van der Waals surface area contributed by atoms with E-state index in [2.05, 4.69) is 16.0 Å². The van der Waals surface area contributed by atoms with E-state index >= 15 is 0 Å². The maximum atomic E-state index is 13.1. The number of imide groups is 2. The Balaban J connectivity index is 1.19. The van der Waals surface area contributed by atoms with Gasteiger partial charge in [-0.05, 0) is 61.9 Å². The summed E-state index contributed by atoms with van der Waals surface area (Å²) < 4.78 is 0. The van der Waals surface area contributed by atoms with E-state index in [0.29, 0.717) is 25.2 Å². The van der Waals surface area contributed by atoms with E-state index < -0.39 is 29.7 Å². The fourth-order valence-electron chi connectivity index (χ4n) is 4.61. The van der Waals surface area contributed by atoms with Gasteiger partial charge in [0.25, 0.3) is 11.8 Å². The van der Waals surface area contributed by atoms with Crippen molar-refractivity contribution >= 4 is 35.2 Å². The molecule has 1 saturated heterocycles. The number of phenols is 2. The normalized spacial score (nSPS) is 16.8. The quantitative estimate of drug-likeness (QED) is 0.169. The second kappa shape index (κ2) is 11.8. The van der Waals surface area contributed by atoms with Gasteiger partial charge in [-0.2, -0.15) is 0 Å². The molecule has 0 aliphatic carbocycles. The molecule has 2 aliphatic heterocycles. The number of rotatable bonds is 11. The first-order valence-electron chi connectivity index (χ1n) is 12.6. The molecule has 5 amide bonds. The molecule has 0 bridgehead atoms. The van der Waals surface area contributed by atoms with Crippen LogP contribution in [0.15, 0.2) is 36.4 Å². The molecule has 1 fully saturated rings. The largest absolute Gasteiger partial charge is 0.504 e. The van der Waals surface area contributed by atoms with E-state index in [1.807, 2.05) is 0 Å². The first-order chi connectivity index (χ1) is 18.3. The average molecular weight is 523 g/mol. The molecule has 5 N–H and O–H groups in total. The Hall–Kier alpha value is -4.41. The van der Waals surface area contributed by atoms with E-state index in [1.54, 1.807) is 24.3 Å². The molecule has 0 saturated carbocycles. The van der Waals surface area contributed by atoms with Crippen LogP contribution in [0.1, 0.15) is 64.8 Å². The molecule has 2 aromatic carbocycles. The second-order valence-electron chi connectivity index (χ2n) is 9.34. The molecule has 4 rings (SSSR count). The first-order valence-corrected chi connectivity index (χ1v) is 12.6. The third-order valence-corrected chi connectivity index (χ3v) is 6.64. The number of amides is 5. The summed E-state index contributed by atoms with van der Waals surface area (Å²) in [6, 6.07) is 8.43. The predicted molar refractivity (Wildman–Crippen MR) is 137 cm³/mol. The van der Waals surface area contributed by atoms with Crippen molar-refractivity contribution in [2.75, 3.05) is 18.4 Å². The summed E-state index contributed by atoms with van der Waals surface area (Å²) in [4.78, 5) is 62.7. The molecule has 11 heteroatoms. The number of hydrogen-bond acceptors (Lipinski definition) is 8. The molecule has 38 heavy (non-hydrogen) atoms. The Morgan fingerprint density at radius 3 is 2.53 bits per heavy atom. The highest BCUT2D eigenvalue weighted by Crippen LogP contribution is 2.32. The van der Waals surface area contributed by atoms with Crippen molar-refractivity contribution in [1.29, 1.82) is 0 Å². The third kappa shape index (κ3) is 5.93. The minimum atomic E-state index is -1.00. The Bertz CT molecular complexity index is 1280. The molecule has 2 heterocycles. The van der Waals surface area contributed by atoms with Gasteiger partial charge in [0.15, 0.2) is 11.5 Å². The number of aromatic hydroxyl groups is 2. The summed E-state index contributed by atoms with van der Waals surface area (Å²) in [6.45, 7) is 1.07. The minimum absolute atomic E-state index is 0.0678. The smallest absolute Gasteiger partial charge is 0.264 e. The molecular formula is C27H30N4O7. The zero-order valence-electron chi connectivity index (χ0n) is 20.8. The van der Waals surface area contributed by atoms with Crippen molar-refractivity contribution in [3.05, 3.63) is 53.1 Å². The lowest BCUT2D eigenvalue weighted by molar-refractivity contribution is -0.136. The van der Waals surface area contributed by atoms with Crippen molar-refractivity contribution in [1.82, 2.24) is 15.5 Å². The Morgan fingerprint density at radius 1 is 0.974 bits per heavy atom. The number of carbonyl (C=O) groups is 5. The van der Waals surface area contributed by atoms with Crippen LogP contribution in [0.5, 0.6) is 11.5 Å². The number of hydrogen-bond donors (Lipinski definition) is 5. The van der Waals surface area contributed by atoms with Gasteiger partial charge >= 0.3 is 0 Å². The van der Waals surface area contributed by atoms with Crippen molar-refractivity contribution in [3.63, 3.8) is 0 Å². The maximum absolute atomic E-state index is 13.1. The van der Waals surface area contributed by atoms with Gasteiger partial charge < -0.3 is 20.8 Å². The molecule has 0 aromatic heterocycles. The Kier molecular flexibility index (Phi) is 8.25. The van der Waals surface area contributed by atoms with Gasteiger partial charge in [-0.15, -0.1) is 0 Å². The number of anilines is 1. The summed E-state index contributed by atoms with van der Waals surface area (Å²) in [6.07, 6.45) is 3.25. The van der Waals surface area contributed by atoms with E-state index in [0.717, 1.165) is 29.7 Å². The second-order valence-corrected chi connectivity index (χ2v) is 9.34. The highest BCUT2D eigenvalue weighted by atomic mass is 16.3. The highest BCUT2D eigenvalue weighted by Gasteiger charge is 2.45. The fourth-order valence-corrected chi connectivity index (χ4v) is 4.61. The van der Waals surface area contributed by atoms with E-state index in [9.17, 15) is 34.2 Å². The van der Waals surface area contributed by atoms with Gasteiger partial charge in [0, 0.05) is 31.6 Å². The van der Waals surface area contributed by atoms with Crippen LogP contribution in [0.25, 0.3) is 0 Å². The SMILES string of the molecule is O=C(CCc1ccc(O)c(O)c1)NCCCCCNc1cccc2c1C(=O)N(C1CCC(=O)NC1=O)C2=O. The van der Waals surface area contributed by atoms with Gasteiger partial charge in [-0.3, -0.25) is 34.2 Å². The molecule has 1 atom stereocenters. The molecule has 11 nitrogen and oxygen atoms in total. The van der Waals surface area contributed by atoms with Crippen LogP contribution in [-0.4, -0.2) is 63.8 Å². The summed E-state index contributed by atoms with van der Waals surface area (Å²) in [7, 11) is 0. The molecule has 200 valence electrons. The topological polar surface area (TPSA) is 165 Å². The monoisotopic (exact) mass is 522 g/mol. The van der Waals surface area contributed by atoms with Crippen LogP contribution in [0.4, 0.5) is 5.69 Å². The van der Waals surface area contributed by atoms with Crippen molar-refractivity contribution < 1.29 is 34.2 Å². The summed E-state index contributed by atoms with van der Waals surface area (Å²) in [5.41, 5.74) is 1.74. The zero-order chi connectivity index (χ0) is 27.2. The Morgan fingerprint density at radius 2 is 1.76 bits per heavy atom. The highest BCUT2D eigenvalue weighted by molar-refractivity contribution is 6.25. The molecule has 0 spiro atoms. The fraction of sp³-hybridized carbons (Fsp3) is 0.370. The van der Waals surface area contributed by atoms with Crippen LogP contribution < -0.4 is 16.0 Å². The van der Waals surface area contributed by atoms with E-state index in [1.165, 1.54) is 12.1 Å². The van der Waals surface area contributed by atoms with Crippen molar-refractivity contribution in [2.45, 2.75) is 51.0 Å². The molecule has 2 aliphatic rings. The lowest BCUT2D eigenvalue weighted by atomic mass is 10.0. The Labute approximate surface area is 219 Å². The summed E-state index contributed by atoms with van der Waals surface area (Å²) in [5.74, 6) is -2.65. The zero-order valence-corrected chi connectivity index (χ0v) is 20.8. The van der Waals surface area contributed by atoms with Crippen LogP contribution in [0.3, 0.4) is 0 Å². The van der Waals surface area contributed by atoms with Crippen LogP contribution in [-0.2, 0) is 20.8 Å². The van der Waals surface area contributed by atoms with Gasteiger partial charge in [0.1, 0.15) is 6.04 Å². The summed E-state index contributed by atoms with van der Waals surface area (Å²) in [5, 5.41) is 27.1. The van der Waals surface area contributed by atoms with Crippen molar-refractivity contribution in [3.8, 4) is 11.5 Å². The number of phenolic OH excluding ortho intramolecular Hbond substituents is 2. The predicted octanol–water partition coefficient (Wildman–Crippen LogP) is 1.83. The van der Waals surface area contributed by atoms with E-state index in [-0.39, 0.29) is 47.8 Å². The van der Waals surface area contributed by atoms with Gasteiger partial charge in [0.05, 0.1) is 11.1 Å². The summed E-state index contributed by atoms with van der Waals surface area (Å²) >= 11 is 0. The molecule has 0 radical (unpaired) electrons. The number of unbranched alkanes of at least 4 members (excludes halogenated alkanes) is 2. The number of nitrogens with zero attached hydrogens (tertiary/aromatic N) is 1. The number of fused-ring (bicyclic) bond motifs is 1. The van der Waals surface area contributed by atoms with Crippen molar-refractivity contribution in [2.24, 2.45) is 0 Å². The van der Waals surface area contributed by atoms with Gasteiger partial charge in [0.2, 0.25) is 17.7 Å². The van der Waals surface area contributed by atoms with Crippen LogP contribution >= 0.6 is 0 Å². The van der Waals surface area contributed by atoms with Gasteiger partial charge in [-0.1, -0.05) is 12.1 Å². The number of aryl methyl sites for hydroxylation is 1. The maximum Gasteiger partial charge on any atom is 0.264 e. The number of nitrogens with one attached hydrogen (secondary N) is 3. The standard InChI is InChI=1S/C27H30N4O7/c32-20-10-7-16(15-21(20)33)8-11-22(34)29-14-3-1-2-13-28-18-6-4-5-17-24(18)27(38)31(26(17)37)19-9-12-23(35)30-25(19)36/h4-7,10,15,19,28,32-33H,1-3,8-9,11-14H2,(H,29,34)(H,30,35,36). The molecular weight excluding hydrogens is 492 g/mol. The number of benzene rings is 2. The average Bonchev–Trinajstić information content (AvgIpc) is 3.14.